The van der Waals surface area contributed by atoms with Crippen LogP contribution in [-0.2, 0) is 6.54 Å². The lowest BCUT2D eigenvalue weighted by Gasteiger charge is -2.09. The third-order valence-corrected chi connectivity index (χ3v) is 5.50. The van der Waals surface area contributed by atoms with Crippen LogP contribution in [0.3, 0.4) is 0 Å². The Morgan fingerprint density at radius 2 is 1.55 bits per heavy atom. The molecule has 0 bridgehead atoms. The van der Waals surface area contributed by atoms with E-state index in [1.807, 2.05) is 18.2 Å². The summed E-state index contributed by atoms with van der Waals surface area (Å²) in [5.74, 6) is 0. The minimum Gasteiger partial charge on any atom is -0.395 e. The van der Waals surface area contributed by atoms with E-state index in [2.05, 4.69) is 77.5 Å². The van der Waals surface area contributed by atoms with Gasteiger partial charge in [-0.15, -0.1) is 28.3 Å². The van der Waals surface area contributed by atoms with E-state index < -0.39 is 0 Å². The van der Waals surface area contributed by atoms with Gasteiger partial charge in [0, 0.05) is 11.9 Å². The summed E-state index contributed by atoms with van der Waals surface area (Å²) in [5, 5.41) is 11.7. The number of hydrogen-bond donors (Lipinski definition) is 1. The first-order valence-electron chi connectivity index (χ1n) is 9.31. The zero-order chi connectivity index (χ0) is 19.3. The van der Waals surface area contributed by atoms with Crippen LogP contribution in [0.4, 0.5) is 5.69 Å². The Labute approximate surface area is 185 Å². The first-order chi connectivity index (χ1) is 13.7. The Morgan fingerprint density at radius 3 is 2.24 bits per heavy atom. The molecule has 0 aliphatic heterocycles. The number of rotatable bonds is 5. The van der Waals surface area contributed by atoms with Gasteiger partial charge < -0.3 is 9.67 Å². The predicted molar refractivity (Wildman–Crippen MR) is 127 cm³/mol. The SMILES string of the molecule is Br.Cc1cccc(N=c2scc(-c3ccc(-c4ccccc4)cc3)n2CCO)c1. The summed E-state index contributed by atoms with van der Waals surface area (Å²) < 4.78 is 2.09. The van der Waals surface area contributed by atoms with Gasteiger partial charge in [0.15, 0.2) is 4.80 Å². The molecule has 3 nitrogen and oxygen atoms in total. The Kier molecular flexibility index (Phi) is 7.20. The van der Waals surface area contributed by atoms with Crippen molar-refractivity contribution in [3.63, 3.8) is 0 Å². The lowest BCUT2D eigenvalue weighted by molar-refractivity contribution is 0.275. The third-order valence-electron chi connectivity index (χ3n) is 4.64. The standard InChI is InChI=1S/C24H22N2OS.BrH/c1-18-6-5-9-22(16-18)25-24-26(14-15-27)23(17-28-24)21-12-10-20(11-13-21)19-7-3-2-4-8-19;/h2-13,16-17,27H,14-15H2,1H3;1H. The van der Waals surface area contributed by atoms with E-state index in [9.17, 15) is 5.11 Å². The second-order valence-electron chi connectivity index (χ2n) is 6.67. The molecule has 29 heavy (non-hydrogen) atoms. The van der Waals surface area contributed by atoms with Crippen LogP contribution in [-0.4, -0.2) is 16.3 Å². The minimum atomic E-state index is 0. The summed E-state index contributed by atoms with van der Waals surface area (Å²) in [7, 11) is 0. The molecule has 1 N–H and O–H groups in total. The molecule has 5 heteroatoms. The molecule has 0 saturated carbocycles. The highest BCUT2D eigenvalue weighted by Gasteiger charge is 2.08. The van der Waals surface area contributed by atoms with Crippen LogP contribution in [0.25, 0.3) is 22.4 Å². The molecule has 0 amide bonds. The monoisotopic (exact) mass is 466 g/mol. The summed E-state index contributed by atoms with van der Waals surface area (Å²) >= 11 is 1.60. The lowest BCUT2D eigenvalue weighted by atomic mass is 10.0. The Morgan fingerprint density at radius 1 is 0.862 bits per heavy atom. The molecule has 0 atom stereocenters. The maximum absolute atomic E-state index is 9.58. The number of hydrogen-bond acceptors (Lipinski definition) is 3. The van der Waals surface area contributed by atoms with Gasteiger partial charge in [0.05, 0.1) is 18.0 Å². The highest BCUT2D eigenvalue weighted by atomic mass is 79.9. The highest BCUT2D eigenvalue weighted by Crippen LogP contribution is 2.25. The van der Waals surface area contributed by atoms with Gasteiger partial charge >= 0.3 is 0 Å². The Bertz CT molecular complexity index is 1130. The van der Waals surface area contributed by atoms with Crippen molar-refractivity contribution in [2.45, 2.75) is 13.5 Å². The molecule has 0 unspecified atom stereocenters. The molecular formula is C24H23BrN2OS. The van der Waals surface area contributed by atoms with Crippen molar-refractivity contribution in [1.29, 1.82) is 0 Å². The van der Waals surface area contributed by atoms with Crippen molar-refractivity contribution in [3.8, 4) is 22.4 Å². The molecule has 4 rings (SSSR count). The molecule has 0 radical (unpaired) electrons. The molecule has 3 aromatic carbocycles. The van der Waals surface area contributed by atoms with Crippen molar-refractivity contribution in [1.82, 2.24) is 4.57 Å². The second-order valence-corrected chi connectivity index (χ2v) is 7.51. The van der Waals surface area contributed by atoms with Gasteiger partial charge in [-0.25, -0.2) is 4.99 Å². The zero-order valence-electron chi connectivity index (χ0n) is 16.2. The largest absolute Gasteiger partial charge is 0.395 e. The highest BCUT2D eigenvalue weighted by molar-refractivity contribution is 8.93. The van der Waals surface area contributed by atoms with E-state index in [1.54, 1.807) is 11.3 Å². The molecule has 1 aromatic heterocycles. The van der Waals surface area contributed by atoms with Gasteiger partial charge in [0.1, 0.15) is 0 Å². The van der Waals surface area contributed by atoms with Gasteiger partial charge in [-0.2, -0.15) is 0 Å². The average molecular weight is 467 g/mol. The third kappa shape index (κ3) is 4.93. The molecular weight excluding hydrogens is 444 g/mol. The molecule has 0 saturated heterocycles. The molecule has 0 fully saturated rings. The first kappa shape index (κ1) is 21.2. The van der Waals surface area contributed by atoms with E-state index in [-0.39, 0.29) is 23.6 Å². The summed E-state index contributed by atoms with van der Waals surface area (Å²) in [6, 6.07) is 27.1. The van der Waals surface area contributed by atoms with Crippen LogP contribution in [0.1, 0.15) is 5.56 Å². The molecule has 1 heterocycles. The van der Waals surface area contributed by atoms with Crippen molar-refractivity contribution in [2.24, 2.45) is 4.99 Å². The van der Waals surface area contributed by atoms with Crippen LogP contribution in [0.2, 0.25) is 0 Å². The smallest absolute Gasteiger partial charge is 0.190 e. The van der Waals surface area contributed by atoms with Gasteiger partial charge in [-0.3, -0.25) is 0 Å². The molecule has 0 aliphatic rings. The summed E-state index contributed by atoms with van der Waals surface area (Å²) in [6.45, 7) is 2.66. The Balaban J connectivity index is 0.00000240. The lowest BCUT2D eigenvalue weighted by Crippen LogP contribution is -2.17. The number of benzene rings is 3. The number of aryl methyl sites for hydroxylation is 1. The summed E-state index contributed by atoms with van der Waals surface area (Å²) in [6.07, 6.45) is 0. The van der Waals surface area contributed by atoms with Gasteiger partial charge in [0.2, 0.25) is 0 Å². The van der Waals surface area contributed by atoms with Crippen molar-refractivity contribution < 1.29 is 5.11 Å². The maximum atomic E-state index is 9.58. The Hall–Kier alpha value is -2.47. The number of aliphatic hydroxyl groups is 1. The number of nitrogens with zero attached hydrogens (tertiary/aromatic N) is 2. The zero-order valence-corrected chi connectivity index (χ0v) is 18.7. The molecule has 0 aliphatic carbocycles. The van der Waals surface area contributed by atoms with Crippen LogP contribution in [0.5, 0.6) is 0 Å². The average Bonchev–Trinajstić information content (AvgIpc) is 3.11. The van der Waals surface area contributed by atoms with E-state index in [4.69, 9.17) is 4.99 Å². The van der Waals surface area contributed by atoms with Gasteiger partial charge in [-0.1, -0.05) is 66.7 Å². The maximum Gasteiger partial charge on any atom is 0.190 e. The fourth-order valence-electron chi connectivity index (χ4n) is 3.24. The van der Waals surface area contributed by atoms with Gasteiger partial charge in [-0.05, 0) is 41.3 Å². The van der Waals surface area contributed by atoms with Crippen molar-refractivity contribution >= 4 is 34.0 Å². The minimum absolute atomic E-state index is 0. The molecule has 0 spiro atoms. The van der Waals surface area contributed by atoms with Crippen LogP contribution in [0, 0.1) is 6.92 Å². The summed E-state index contributed by atoms with van der Waals surface area (Å²) in [4.78, 5) is 5.69. The van der Waals surface area contributed by atoms with Gasteiger partial charge in [0.25, 0.3) is 0 Å². The number of aliphatic hydroxyl groups excluding tert-OH is 1. The number of thiazole rings is 1. The van der Waals surface area contributed by atoms with Crippen molar-refractivity contribution in [2.75, 3.05) is 6.61 Å². The van der Waals surface area contributed by atoms with E-state index in [0.29, 0.717) is 6.54 Å². The van der Waals surface area contributed by atoms with Crippen molar-refractivity contribution in [3.05, 3.63) is 94.6 Å². The molecule has 148 valence electrons. The predicted octanol–water partition coefficient (Wildman–Crippen LogP) is 5.99. The quantitative estimate of drug-likeness (QED) is 0.385. The second kappa shape index (κ2) is 9.83. The number of halogens is 1. The van der Waals surface area contributed by atoms with Crippen LogP contribution >= 0.6 is 28.3 Å². The first-order valence-corrected chi connectivity index (χ1v) is 10.2. The van der Waals surface area contributed by atoms with Crippen LogP contribution in [0.15, 0.2) is 89.2 Å². The fraction of sp³-hybridized carbons (Fsp3) is 0.125. The molecule has 4 aromatic rings. The fourth-order valence-corrected chi connectivity index (χ4v) is 4.19. The van der Waals surface area contributed by atoms with Crippen LogP contribution < -0.4 is 4.80 Å². The van der Waals surface area contributed by atoms with E-state index in [0.717, 1.165) is 21.7 Å². The van der Waals surface area contributed by atoms with E-state index >= 15 is 0 Å². The number of aromatic nitrogens is 1. The van der Waals surface area contributed by atoms with E-state index in [1.165, 1.54) is 16.7 Å². The topological polar surface area (TPSA) is 37.5 Å². The normalized spacial score (nSPS) is 11.3. The summed E-state index contributed by atoms with van der Waals surface area (Å²) in [5.41, 5.74) is 6.71.